The Hall–Kier alpha value is -1.18. The summed E-state index contributed by atoms with van der Waals surface area (Å²) in [6.07, 6.45) is 1.96. The Morgan fingerprint density at radius 2 is 2.33 bits per heavy atom. The van der Waals surface area contributed by atoms with Crippen LogP contribution in [0.2, 0.25) is 0 Å². The molecule has 0 radical (unpaired) electrons. The van der Waals surface area contributed by atoms with E-state index in [1.807, 2.05) is 18.4 Å². The Kier molecular flexibility index (Phi) is 2.97. The Morgan fingerprint density at radius 3 is 2.83 bits per heavy atom. The highest BCUT2D eigenvalue weighted by Crippen LogP contribution is 2.25. The highest BCUT2D eigenvalue weighted by Gasteiger charge is 2.00. The molecule has 0 aliphatic carbocycles. The van der Waals surface area contributed by atoms with Crippen molar-refractivity contribution in [3.63, 3.8) is 0 Å². The zero-order valence-electron chi connectivity index (χ0n) is 6.66. The van der Waals surface area contributed by atoms with Gasteiger partial charge in [0.05, 0.1) is 17.3 Å². The van der Waals surface area contributed by atoms with Gasteiger partial charge < -0.3 is 5.43 Å². The van der Waals surface area contributed by atoms with E-state index in [-0.39, 0.29) is 0 Å². The van der Waals surface area contributed by atoms with E-state index in [4.69, 9.17) is 11.1 Å². The fourth-order valence-corrected chi connectivity index (χ4v) is 1.43. The largest absolute Gasteiger partial charge is 0.323 e. The molecule has 12 heavy (non-hydrogen) atoms. The molecule has 0 atom stereocenters. The average molecular weight is 179 g/mol. The van der Waals surface area contributed by atoms with Crippen molar-refractivity contribution in [3.05, 3.63) is 23.8 Å². The maximum absolute atomic E-state index is 8.60. The van der Waals surface area contributed by atoms with Gasteiger partial charge in [0.25, 0.3) is 0 Å². The molecule has 1 aromatic rings. The predicted molar refractivity (Wildman–Crippen MR) is 50.7 cm³/mol. The van der Waals surface area contributed by atoms with Crippen molar-refractivity contribution in [2.75, 3.05) is 11.7 Å². The summed E-state index contributed by atoms with van der Waals surface area (Å²) in [6.45, 7) is 0. The van der Waals surface area contributed by atoms with Crippen LogP contribution in [0.15, 0.2) is 23.1 Å². The zero-order valence-corrected chi connectivity index (χ0v) is 7.48. The van der Waals surface area contributed by atoms with Gasteiger partial charge in [-0.25, -0.2) is 0 Å². The van der Waals surface area contributed by atoms with Gasteiger partial charge in [-0.05, 0) is 24.5 Å². The summed E-state index contributed by atoms with van der Waals surface area (Å²) in [6, 6.07) is 7.42. The number of nitrogen functional groups attached to an aromatic ring is 1. The van der Waals surface area contributed by atoms with E-state index in [1.165, 1.54) is 0 Å². The Bertz CT molecular complexity index is 317. The highest BCUT2D eigenvalue weighted by atomic mass is 32.2. The van der Waals surface area contributed by atoms with Crippen molar-refractivity contribution >= 4 is 17.4 Å². The van der Waals surface area contributed by atoms with Gasteiger partial charge in [0.2, 0.25) is 0 Å². The first kappa shape index (κ1) is 8.91. The van der Waals surface area contributed by atoms with Crippen LogP contribution in [-0.2, 0) is 0 Å². The summed E-state index contributed by atoms with van der Waals surface area (Å²) in [5.74, 6) is 5.28. The van der Waals surface area contributed by atoms with Gasteiger partial charge in [0.1, 0.15) is 0 Å². The lowest BCUT2D eigenvalue weighted by atomic mass is 10.2. The summed E-state index contributed by atoms with van der Waals surface area (Å²) < 4.78 is 0. The van der Waals surface area contributed by atoms with E-state index in [9.17, 15) is 0 Å². The van der Waals surface area contributed by atoms with E-state index >= 15 is 0 Å². The third kappa shape index (κ3) is 1.70. The molecule has 0 fully saturated rings. The topological polar surface area (TPSA) is 61.8 Å². The van der Waals surface area contributed by atoms with Gasteiger partial charge in [-0.15, -0.1) is 11.8 Å². The van der Waals surface area contributed by atoms with Crippen LogP contribution in [-0.4, -0.2) is 6.26 Å². The van der Waals surface area contributed by atoms with E-state index < -0.39 is 0 Å². The van der Waals surface area contributed by atoms with Crippen molar-refractivity contribution < 1.29 is 0 Å². The number of hydrogen-bond acceptors (Lipinski definition) is 4. The van der Waals surface area contributed by atoms with E-state index in [1.54, 1.807) is 23.9 Å². The first-order chi connectivity index (χ1) is 5.81. The Morgan fingerprint density at radius 1 is 1.58 bits per heavy atom. The summed E-state index contributed by atoms with van der Waals surface area (Å²) in [5.41, 5.74) is 3.95. The van der Waals surface area contributed by atoms with E-state index in [0.29, 0.717) is 5.56 Å². The minimum Gasteiger partial charge on any atom is -0.323 e. The van der Waals surface area contributed by atoms with Gasteiger partial charge in [0, 0.05) is 4.90 Å². The summed E-state index contributed by atoms with van der Waals surface area (Å²) in [7, 11) is 0. The van der Waals surface area contributed by atoms with Crippen molar-refractivity contribution in [2.45, 2.75) is 4.90 Å². The number of hydrazine groups is 1. The van der Waals surface area contributed by atoms with Crippen molar-refractivity contribution in [1.82, 2.24) is 0 Å². The highest BCUT2D eigenvalue weighted by molar-refractivity contribution is 7.98. The van der Waals surface area contributed by atoms with Gasteiger partial charge in [0.15, 0.2) is 0 Å². The number of nitrogens with one attached hydrogen (secondary N) is 1. The van der Waals surface area contributed by atoms with Crippen LogP contribution in [0.1, 0.15) is 5.56 Å². The number of nitrogens with two attached hydrogens (primary N) is 1. The van der Waals surface area contributed by atoms with E-state index in [0.717, 1.165) is 10.6 Å². The molecule has 0 amide bonds. The quantitative estimate of drug-likeness (QED) is 0.411. The average Bonchev–Trinajstić information content (AvgIpc) is 2.16. The minimum atomic E-state index is 0.612. The van der Waals surface area contributed by atoms with Gasteiger partial charge in [-0.3, -0.25) is 5.84 Å². The third-order valence-electron chi connectivity index (χ3n) is 1.48. The molecule has 0 aromatic heterocycles. The predicted octanol–water partition coefficient (Wildman–Crippen LogP) is 1.57. The maximum atomic E-state index is 8.60. The standard InChI is InChI=1S/C8H9N3S/c1-12-8-3-2-6(5-9)4-7(8)11-10/h2-4,11H,10H2,1H3. The number of anilines is 1. The maximum Gasteiger partial charge on any atom is 0.0992 e. The number of hydrogen-bond donors (Lipinski definition) is 2. The second-order valence-electron chi connectivity index (χ2n) is 2.17. The fraction of sp³-hybridized carbons (Fsp3) is 0.125. The van der Waals surface area contributed by atoms with Crippen LogP contribution in [0, 0.1) is 11.3 Å². The number of nitrogens with zero attached hydrogens (tertiary/aromatic N) is 1. The second kappa shape index (κ2) is 4.00. The first-order valence-corrected chi connectivity index (χ1v) is 4.59. The number of benzene rings is 1. The summed E-state index contributed by atoms with van der Waals surface area (Å²) in [4.78, 5) is 1.04. The van der Waals surface area contributed by atoms with Crippen LogP contribution < -0.4 is 11.3 Å². The lowest BCUT2D eigenvalue weighted by Gasteiger charge is -2.05. The van der Waals surface area contributed by atoms with E-state index in [2.05, 4.69) is 5.43 Å². The molecule has 1 rings (SSSR count). The zero-order chi connectivity index (χ0) is 8.97. The monoisotopic (exact) mass is 179 g/mol. The third-order valence-corrected chi connectivity index (χ3v) is 2.28. The number of thioether (sulfide) groups is 1. The number of rotatable bonds is 2. The molecule has 0 spiro atoms. The molecule has 0 bridgehead atoms. The molecule has 0 heterocycles. The Balaban J connectivity index is 3.13. The molecular weight excluding hydrogens is 170 g/mol. The molecule has 3 N–H and O–H groups in total. The molecule has 62 valence electrons. The number of nitriles is 1. The molecule has 0 aliphatic heterocycles. The van der Waals surface area contributed by atoms with Crippen LogP contribution in [0.5, 0.6) is 0 Å². The normalized spacial score (nSPS) is 9.08. The minimum absolute atomic E-state index is 0.612. The van der Waals surface area contributed by atoms with Crippen molar-refractivity contribution in [2.24, 2.45) is 5.84 Å². The summed E-state index contributed by atoms with van der Waals surface area (Å²) >= 11 is 1.59. The van der Waals surface area contributed by atoms with Crippen LogP contribution >= 0.6 is 11.8 Å². The fourth-order valence-electron chi connectivity index (χ4n) is 0.890. The molecule has 4 heteroatoms. The van der Waals surface area contributed by atoms with Gasteiger partial charge in [-0.2, -0.15) is 5.26 Å². The van der Waals surface area contributed by atoms with Gasteiger partial charge in [-0.1, -0.05) is 0 Å². The lowest BCUT2D eigenvalue weighted by molar-refractivity contribution is 1.28. The van der Waals surface area contributed by atoms with Crippen molar-refractivity contribution in [1.29, 1.82) is 5.26 Å². The molecule has 0 saturated carbocycles. The molecule has 1 aromatic carbocycles. The first-order valence-electron chi connectivity index (χ1n) is 3.36. The molecule has 3 nitrogen and oxygen atoms in total. The molecule has 0 aliphatic rings. The van der Waals surface area contributed by atoms with Crippen LogP contribution in [0.3, 0.4) is 0 Å². The smallest absolute Gasteiger partial charge is 0.0992 e. The molecular formula is C8H9N3S. The van der Waals surface area contributed by atoms with Gasteiger partial charge >= 0.3 is 0 Å². The SMILES string of the molecule is CSc1ccc(C#N)cc1NN. The lowest BCUT2D eigenvalue weighted by Crippen LogP contribution is -2.07. The second-order valence-corrected chi connectivity index (χ2v) is 3.02. The summed E-state index contributed by atoms with van der Waals surface area (Å²) in [5, 5.41) is 8.60. The van der Waals surface area contributed by atoms with Crippen LogP contribution in [0.4, 0.5) is 5.69 Å². The molecule has 0 saturated heterocycles. The van der Waals surface area contributed by atoms with Crippen molar-refractivity contribution in [3.8, 4) is 6.07 Å². The molecule has 0 unspecified atom stereocenters. The van der Waals surface area contributed by atoms with Crippen LogP contribution in [0.25, 0.3) is 0 Å². The Labute approximate surface area is 75.5 Å².